The molecule has 1 aliphatic rings. The van der Waals surface area contributed by atoms with Gasteiger partial charge in [-0.05, 0) is 37.1 Å². The highest BCUT2D eigenvalue weighted by atomic mass is 16.5. The molecule has 1 aliphatic heterocycles. The Morgan fingerprint density at radius 2 is 2.14 bits per heavy atom. The number of carbonyl (C=O) groups excluding carboxylic acids is 1. The zero-order valence-electron chi connectivity index (χ0n) is 12.9. The predicted molar refractivity (Wildman–Crippen MR) is 80.0 cm³/mol. The molecule has 1 atom stereocenters. The summed E-state index contributed by atoms with van der Waals surface area (Å²) in [5, 5.41) is 8.92. The lowest BCUT2D eigenvalue weighted by Gasteiger charge is -2.30. The highest BCUT2D eigenvalue weighted by Crippen LogP contribution is 2.16. The quantitative estimate of drug-likeness (QED) is 0.889. The van der Waals surface area contributed by atoms with E-state index in [4.69, 9.17) is 14.6 Å². The molecule has 0 bridgehead atoms. The molecule has 22 heavy (non-hydrogen) atoms. The summed E-state index contributed by atoms with van der Waals surface area (Å²) in [7, 11) is 0. The molecule has 1 heterocycles. The van der Waals surface area contributed by atoms with E-state index in [-0.39, 0.29) is 32.1 Å². The molecule has 1 saturated heterocycles. The number of hydrogen-bond acceptors (Lipinski definition) is 4. The fraction of sp³-hybridized carbons (Fsp3) is 0.500. The first-order valence-corrected chi connectivity index (χ1v) is 7.29. The van der Waals surface area contributed by atoms with E-state index in [1.807, 2.05) is 32.0 Å². The Labute approximate surface area is 129 Å². The number of aryl methyl sites for hydroxylation is 2. The molecule has 6 nitrogen and oxygen atoms in total. The zero-order valence-corrected chi connectivity index (χ0v) is 12.9. The van der Waals surface area contributed by atoms with Gasteiger partial charge in [-0.2, -0.15) is 0 Å². The van der Waals surface area contributed by atoms with Gasteiger partial charge < -0.3 is 19.5 Å². The second-order valence-electron chi connectivity index (χ2n) is 5.38. The summed E-state index contributed by atoms with van der Waals surface area (Å²) in [4.78, 5) is 24.5. The Balaban J connectivity index is 1.79. The number of nitrogens with zero attached hydrogens (tertiary/aromatic N) is 1. The fourth-order valence-corrected chi connectivity index (χ4v) is 2.24. The van der Waals surface area contributed by atoms with Crippen molar-refractivity contribution in [2.24, 2.45) is 0 Å². The molecular weight excluding hydrogens is 286 g/mol. The third-order valence-electron chi connectivity index (χ3n) is 3.76. The van der Waals surface area contributed by atoms with Crippen LogP contribution in [0.5, 0.6) is 5.75 Å². The lowest BCUT2D eigenvalue weighted by atomic mass is 10.1. The van der Waals surface area contributed by atoms with Crippen LogP contribution in [0.4, 0.5) is 0 Å². The standard InChI is InChI=1S/C16H21NO5/c1-11-3-4-13(9-12(11)2)21-7-5-15(18)17-6-8-22-14(10-17)16(19)20/h3-4,9,14H,5-8,10H2,1-2H3,(H,19,20)/t14-/m0/s1. The number of rotatable bonds is 5. The lowest BCUT2D eigenvalue weighted by Crippen LogP contribution is -2.48. The second kappa shape index (κ2) is 7.26. The van der Waals surface area contributed by atoms with Crippen molar-refractivity contribution in [1.29, 1.82) is 0 Å². The Morgan fingerprint density at radius 1 is 1.36 bits per heavy atom. The Hall–Kier alpha value is -2.08. The smallest absolute Gasteiger partial charge is 0.334 e. The zero-order chi connectivity index (χ0) is 16.1. The van der Waals surface area contributed by atoms with Gasteiger partial charge in [-0.15, -0.1) is 0 Å². The van der Waals surface area contributed by atoms with Gasteiger partial charge in [0.1, 0.15) is 5.75 Å². The van der Waals surface area contributed by atoms with Crippen molar-refractivity contribution >= 4 is 11.9 Å². The van der Waals surface area contributed by atoms with Gasteiger partial charge in [-0.25, -0.2) is 4.79 Å². The molecule has 0 saturated carbocycles. The number of morpholine rings is 1. The molecule has 120 valence electrons. The van der Waals surface area contributed by atoms with Crippen LogP contribution in [0.1, 0.15) is 17.5 Å². The van der Waals surface area contributed by atoms with Crippen LogP contribution in [0.2, 0.25) is 0 Å². The largest absolute Gasteiger partial charge is 0.493 e. The summed E-state index contributed by atoms with van der Waals surface area (Å²) in [6.45, 7) is 5.08. The molecule has 2 rings (SSSR count). The van der Waals surface area contributed by atoms with Crippen LogP contribution in [0.3, 0.4) is 0 Å². The number of ether oxygens (including phenoxy) is 2. The third kappa shape index (κ3) is 4.21. The van der Waals surface area contributed by atoms with Crippen LogP contribution < -0.4 is 4.74 Å². The summed E-state index contributed by atoms with van der Waals surface area (Å²) in [5.41, 5.74) is 2.33. The van der Waals surface area contributed by atoms with Gasteiger partial charge in [0, 0.05) is 6.54 Å². The Morgan fingerprint density at radius 3 is 2.82 bits per heavy atom. The first-order chi connectivity index (χ1) is 10.5. The van der Waals surface area contributed by atoms with Crippen molar-refractivity contribution in [2.75, 3.05) is 26.3 Å². The van der Waals surface area contributed by atoms with E-state index in [0.717, 1.165) is 11.3 Å². The van der Waals surface area contributed by atoms with Gasteiger partial charge in [0.25, 0.3) is 0 Å². The summed E-state index contributed by atoms with van der Waals surface area (Å²) in [6, 6.07) is 5.79. The molecular formula is C16H21NO5. The van der Waals surface area contributed by atoms with Crippen LogP contribution >= 0.6 is 0 Å². The number of carboxylic acids is 1. The van der Waals surface area contributed by atoms with E-state index in [0.29, 0.717) is 6.54 Å². The number of benzene rings is 1. The number of amides is 1. The highest BCUT2D eigenvalue weighted by molar-refractivity contribution is 5.78. The maximum absolute atomic E-state index is 12.1. The molecule has 0 spiro atoms. The predicted octanol–water partition coefficient (Wildman–Crippen LogP) is 1.38. The van der Waals surface area contributed by atoms with Gasteiger partial charge in [0.15, 0.2) is 6.10 Å². The first-order valence-electron chi connectivity index (χ1n) is 7.29. The van der Waals surface area contributed by atoms with Crippen molar-refractivity contribution in [3.05, 3.63) is 29.3 Å². The van der Waals surface area contributed by atoms with Crippen molar-refractivity contribution in [2.45, 2.75) is 26.4 Å². The van der Waals surface area contributed by atoms with E-state index in [1.54, 1.807) is 0 Å². The van der Waals surface area contributed by atoms with Crippen LogP contribution in [0.15, 0.2) is 18.2 Å². The second-order valence-corrected chi connectivity index (χ2v) is 5.38. The van der Waals surface area contributed by atoms with Gasteiger partial charge in [-0.3, -0.25) is 4.79 Å². The van der Waals surface area contributed by atoms with Gasteiger partial charge in [0.05, 0.1) is 26.2 Å². The SMILES string of the molecule is Cc1ccc(OCCC(=O)N2CCO[C@H](C(=O)O)C2)cc1C. The summed E-state index contributed by atoms with van der Waals surface area (Å²) in [5.74, 6) is -0.413. The van der Waals surface area contributed by atoms with Crippen LogP contribution in [0.25, 0.3) is 0 Å². The molecule has 0 aromatic heterocycles. The molecule has 0 aliphatic carbocycles. The van der Waals surface area contributed by atoms with Gasteiger partial charge >= 0.3 is 5.97 Å². The Kier molecular flexibility index (Phi) is 5.38. The van der Waals surface area contributed by atoms with E-state index >= 15 is 0 Å². The maximum Gasteiger partial charge on any atom is 0.334 e. The molecule has 1 amide bonds. The molecule has 1 fully saturated rings. The normalized spacial score (nSPS) is 18.1. The average Bonchev–Trinajstić information content (AvgIpc) is 2.51. The number of carbonyl (C=O) groups is 2. The minimum Gasteiger partial charge on any atom is -0.493 e. The maximum atomic E-state index is 12.1. The van der Waals surface area contributed by atoms with Crippen molar-refractivity contribution in [1.82, 2.24) is 4.90 Å². The Bertz CT molecular complexity index is 557. The molecule has 6 heteroatoms. The number of aliphatic carboxylic acids is 1. The third-order valence-corrected chi connectivity index (χ3v) is 3.76. The minimum absolute atomic E-state index is 0.0950. The highest BCUT2D eigenvalue weighted by Gasteiger charge is 2.28. The molecule has 1 N–H and O–H groups in total. The summed E-state index contributed by atoms with van der Waals surface area (Å²) >= 11 is 0. The van der Waals surface area contributed by atoms with Crippen molar-refractivity contribution < 1.29 is 24.2 Å². The van der Waals surface area contributed by atoms with Crippen LogP contribution in [0, 0.1) is 13.8 Å². The number of hydrogen-bond donors (Lipinski definition) is 1. The fourth-order valence-electron chi connectivity index (χ4n) is 2.24. The summed E-state index contributed by atoms with van der Waals surface area (Å²) in [6.07, 6.45) is -0.711. The first kappa shape index (κ1) is 16.3. The van der Waals surface area contributed by atoms with E-state index < -0.39 is 12.1 Å². The molecule has 0 radical (unpaired) electrons. The van der Waals surface area contributed by atoms with Crippen LogP contribution in [-0.4, -0.2) is 54.3 Å². The monoisotopic (exact) mass is 307 g/mol. The average molecular weight is 307 g/mol. The van der Waals surface area contributed by atoms with E-state index in [2.05, 4.69) is 0 Å². The lowest BCUT2D eigenvalue weighted by molar-refractivity contribution is -0.159. The molecule has 1 aromatic carbocycles. The topological polar surface area (TPSA) is 76.1 Å². The van der Waals surface area contributed by atoms with Crippen molar-refractivity contribution in [3.63, 3.8) is 0 Å². The van der Waals surface area contributed by atoms with E-state index in [1.165, 1.54) is 10.5 Å². The van der Waals surface area contributed by atoms with Gasteiger partial charge in [0.2, 0.25) is 5.91 Å². The van der Waals surface area contributed by atoms with Crippen molar-refractivity contribution in [3.8, 4) is 5.75 Å². The van der Waals surface area contributed by atoms with Gasteiger partial charge in [-0.1, -0.05) is 6.07 Å². The minimum atomic E-state index is -1.04. The summed E-state index contributed by atoms with van der Waals surface area (Å²) < 4.78 is 10.7. The molecule has 1 aromatic rings. The number of carboxylic acid groups (broad SMARTS) is 1. The van der Waals surface area contributed by atoms with Crippen LogP contribution in [-0.2, 0) is 14.3 Å². The molecule has 0 unspecified atom stereocenters. The van der Waals surface area contributed by atoms with E-state index in [9.17, 15) is 9.59 Å².